The van der Waals surface area contributed by atoms with E-state index in [-0.39, 0.29) is 0 Å². The predicted octanol–water partition coefficient (Wildman–Crippen LogP) is 5.70. The SMILES string of the molecule is CP1(C)=NP(Cl)(Cl)=NP(C)(Cl)=N1. The normalized spacial score (nSPS) is 37.5. The molecule has 0 saturated carbocycles. The van der Waals surface area contributed by atoms with Crippen molar-refractivity contribution in [3.8, 4) is 0 Å². The lowest BCUT2D eigenvalue weighted by Gasteiger charge is -2.21. The van der Waals surface area contributed by atoms with E-state index in [1.807, 2.05) is 13.3 Å². The van der Waals surface area contributed by atoms with Crippen molar-refractivity contribution in [1.29, 1.82) is 0 Å². The van der Waals surface area contributed by atoms with Gasteiger partial charge in [-0.1, -0.05) is 11.2 Å². The third-order valence-corrected chi connectivity index (χ3v) is 12.5. The van der Waals surface area contributed by atoms with Crippen LogP contribution in [0, 0.1) is 0 Å². The lowest BCUT2D eigenvalue weighted by molar-refractivity contribution is 1.69. The maximum Gasteiger partial charge on any atom is 0.254 e. The van der Waals surface area contributed by atoms with Gasteiger partial charge in [-0.2, -0.15) is 4.52 Å². The highest BCUT2D eigenvalue weighted by Gasteiger charge is 2.25. The lowest BCUT2D eigenvalue weighted by atomic mass is 11.9. The van der Waals surface area contributed by atoms with Crippen LogP contribution in [0.2, 0.25) is 0 Å². The molecule has 0 saturated heterocycles. The maximum atomic E-state index is 6.05. The van der Waals surface area contributed by atoms with Crippen LogP contribution in [0.5, 0.6) is 0 Å². The molecule has 72 valence electrons. The van der Waals surface area contributed by atoms with Crippen molar-refractivity contribution in [2.45, 2.75) is 0 Å². The molecular formula is C3H9Cl3N3P3. The van der Waals surface area contributed by atoms with Crippen LogP contribution in [0.3, 0.4) is 0 Å². The van der Waals surface area contributed by atoms with Gasteiger partial charge in [0.1, 0.15) is 0 Å². The van der Waals surface area contributed by atoms with Crippen LogP contribution in [-0.4, -0.2) is 20.0 Å². The summed E-state index contributed by atoms with van der Waals surface area (Å²) >= 11 is 17.8. The van der Waals surface area contributed by atoms with Crippen LogP contribution >= 0.6 is 53.4 Å². The molecule has 1 unspecified atom stereocenters. The van der Waals surface area contributed by atoms with E-state index in [0.717, 1.165) is 0 Å². The van der Waals surface area contributed by atoms with Crippen molar-refractivity contribution in [3.63, 3.8) is 0 Å². The summed E-state index contributed by atoms with van der Waals surface area (Å²) in [6.07, 6.45) is 0. The summed E-state index contributed by atoms with van der Waals surface area (Å²) in [5.41, 5.74) is 0. The highest BCUT2D eigenvalue weighted by Crippen LogP contribution is 2.81. The zero-order chi connectivity index (χ0) is 9.62. The van der Waals surface area contributed by atoms with Crippen molar-refractivity contribution < 1.29 is 0 Å². The van der Waals surface area contributed by atoms with E-state index in [1.54, 1.807) is 6.66 Å². The zero-order valence-corrected chi connectivity index (χ0v) is 11.8. The minimum Gasteiger partial charge on any atom is -0.227 e. The smallest absolute Gasteiger partial charge is 0.227 e. The van der Waals surface area contributed by atoms with Crippen molar-refractivity contribution >= 4 is 53.4 Å². The van der Waals surface area contributed by atoms with Gasteiger partial charge in [-0.15, -0.1) is 0 Å². The first-order valence-electron chi connectivity index (χ1n) is 3.05. The third-order valence-electron chi connectivity index (χ3n) is 0.979. The predicted molar refractivity (Wildman–Crippen MR) is 63.4 cm³/mol. The molecular weight excluding hydrogens is 277 g/mol. The first-order valence-corrected chi connectivity index (χ1v) is 12.2. The highest BCUT2D eigenvalue weighted by atomic mass is 35.9. The van der Waals surface area contributed by atoms with Crippen LogP contribution in [0.25, 0.3) is 0 Å². The van der Waals surface area contributed by atoms with E-state index in [2.05, 4.69) is 13.5 Å². The van der Waals surface area contributed by atoms with Gasteiger partial charge < -0.3 is 0 Å². The summed E-state index contributed by atoms with van der Waals surface area (Å²) in [6, 6.07) is 0. The number of rotatable bonds is 0. The van der Waals surface area contributed by atoms with E-state index in [4.69, 9.17) is 33.7 Å². The molecule has 1 atom stereocenters. The second-order valence-electron chi connectivity index (χ2n) is 2.87. The lowest BCUT2D eigenvalue weighted by Crippen LogP contribution is -1.74. The van der Waals surface area contributed by atoms with Crippen molar-refractivity contribution in [1.82, 2.24) is 0 Å². The Kier molecular flexibility index (Phi) is 3.20. The Balaban J connectivity index is 3.46. The van der Waals surface area contributed by atoms with Crippen LogP contribution in [-0.2, 0) is 0 Å². The van der Waals surface area contributed by atoms with E-state index < -0.39 is 19.7 Å². The highest BCUT2D eigenvalue weighted by molar-refractivity contribution is 8.15. The zero-order valence-electron chi connectivity index (χ0n) is 6.82. The third kappa shape index (κ3) is 3.37. The Bertz CT molecular complexity index is 281. The molecule has 0 aromatic carbocycles. The average molecular weight is 286 g/mol. The molecule has 0 amide bonds. The van der Waals surface area contributed by atoms with Gasteiger partial charge in [-0.25, -0.2) is 9.03 Å². The van der Waals surface area contributed by atoms with Gasteiger partial charge in [0.2, 0.25) is 0 Å². The first-order chi connectivity index (χ1) is 5.12. The summed E-state index contributed by atoms with van der Waals surface area (Å²) in [4.78, 5) is 0. The van der Waals surface area contributed by atoms with Crippen LogP contribution in [0.15, 0.2) is 13.5 Å². The molecule has 1 rings (SSSR count). The van der Waals surface area contributed by atoms with E-state index in [9.17, 15) is 0 Å². The standard InChI is InChI=1S/C3H9Cl3N3P3/c1-10(2)7-11(3,4)9-12(5,6)8-10/h1-3H3. The largest absolute Gasteiger partial charge is 0.254 e. The monoisotopic (exact) mass is 285 g/mol. The summed E-state index contributed by atoms with van der Waals surface area (Å²) in [6.45, 7) is 3.53. The Morgan fingerprint density at radius 3 is 1.67 bits per heavy atom. The molecule has 0 spiro atoms. The first kappa shape index (κ1) is 11.6. The van der Waals surface area contributed by atoms with Gasteiger partial charge in [0, 0.05) is 6.66 Å². The van der Waals surface area contributed by atoms with Gasteiger partial charge in [-0.3, -0.25) is 0 Å². The summed E-state index contributed by atoms with van der Waals surface area (Å²) in [5, 5.41) is 0. The number of halogens is 3. The minimum absolute atomic E-state index is 1.72. The van der Waals surface area contributed by atoms with Crippen molar-refractivity contribution in [3.05, 3.63) is 0 Å². The molecule has 0 fully saturated rings. The number of hydrogen-bond donors (Lipinski definition) is 0. The maximum absolute atomic E-state index is 6.05. The molecule has 0 N–H and O–H groups in total. The molecule has 1 aliphatic heterocycles. The Hall–Kier alpha value is 1.56. The molecule has 1 aliphatic rings. The molecule has 0 radical (unpaired) electrons. The Labute approximate surface area is 86.9 Å². The summed E-state index contributed by atoms with van der Waals surface area (Å²) < 4.78 is 12.6. The van der Waals surface area contributed by atoms with Crippen LogP contribution in [0.4, 0.5) is 0 Å². The summed E-state index contributed by atoms with van der Waals surface area (Å²) in [5.74, 6) is -2.51. The number of nitrogens with zero attached hydrogens (tertiary/aromatic N) is 3. The van der Waals surface area contributed by atoms with Crippen LogP contribution in [0.1, 0.15) is 0 Å². The van der Waals surface area contributed by atoms with E-state index >= 15 is 0 Å². The van der Waals surface area contributed by atoms with Crippen molar-refractivity contribution in [2.75, 3.05) is 20.0 Å². The fourth-order valence-electron chi connectivity index (χ4n) is 0.913. The quantitative estimate of drug-likeness (QED) is 0.512. The minimum atomic E-state index is -2.51. The van der Waals surface area contributed by atoms with Gasteiger partial charge in [0.25, 0.3) is 5.91 Å². The fraction of sp³-hybridized carbons (Fsp3) is 1.00. The van der Waals surface area contributed by atoms with Gasteiger partial charge in [0.05, 0.1) is 7.21 Å². The molecule has 12 heavy (non-hydrogen) atoms. The van der Waals surface area contributed by atoms with Crippen molar-refractivity contribution in [2.24, 2.45) is 13.5 Å². The second-order valence-corrected chi connectivity index (χ2v) is 15.5. The Morgan fingerprint density at radius 2 is 1.33 bits per heavy atom. The average Bonchev–Trinajstić information content (AvgIpc) is 1.44. The Morgan fingerprint density at radius 1 is 0.833 bits per heavy atom. The molecule has 1 heterocycles. The topological polar surface area (TPSA) is 37.1 Å². The molecule has 3 nitrogen and oxygen atoms in total. The molecule has 0 aliphatic carbocycles. The fourth-order valence-corrected chi connectivity index (χ4v) is 17.5. The second kappa shape index (κ2) is 3.30. The van der Waals surface area contributed by atoms with E-state index in [0.29, 0.717) is 0 Å². The van der Waals surface area contributed by atoms with Crippen LogP contribution < -0.4 is 0 Å². The number of hydrogen-bond acceptors (Lipinski definition) is 3. The summed E-state index contributed by atoms with van der Waals surface area (Å²) in [7, 11) is -1.72. The van der Waals surface area contributed by atoms with Gasteiger partial charge in [0.15, 0.2) is 6.56 Å². The molecule has 0 bridgehead atoms. The molecule has 0 aromatic heterocycles. The molecule has 0 aromatic rings. The van der Waals surface area contributed by atoms with E-state index in [1.165, 1.54) is 0 Å². The molecule has 9 heteroatoms. The van der Waals surface area contributed by atoms with Gasteiger partial charge in [-0.05, 0) is 35.8 Å². The van der Waals surface area contributed by atoms with Gasteiger partial charge >= 0.3 is 0 Å².